The van der Waals surface area contributed by atoms with E-state index in [9.17, 15) is 4.39 Å². The van der Waals surface area contributed by atoms with Crippen molar-refractivity contribution in [3.8, 4) is 5.75 Å². The number of hydrogen-bond acceptors (Lipinski definition) is 2. The highest BCUT2D eigenvalue weighted by molar-refractivity contribution is 5.48. The summed E-state index contributed by atoms with van der Waals surface area (Å²) in [4.78, 5) is 0. The second kappa shape index (κ2) is 6.62. The van der Waals surface area contributed by atoms with Gasteiger partial charge in [-0.2, -0.15) is 0 Å². The lowest BCUT2D eigenvalue weighted by Crippen LogP contribution is -2.12. The molecule has 0 aliphatic heterocycles. The molecule has 0 radical (unpaired) electrons. The molecule has 0 saturated heterocycles. The van der Waals surface area contributed by atoms with Gasteiger partial charge in [-0.15, -0.1) is 0 Å². The molecule has 1 saturated carbocycles. The Kier molecular flexibility index (Phi) is 4.85. The summed E-state index contributed by atoms with van der Waals surface area (Å²) in [5.74, 6) is 0.863. The molecule has 3 heteroatoms. The van der Waals surface area contributed by atoms with E-state index >= 15 is 0 Å². The van der Waals surface area contributed by atoms with Crippen molar-refractivity contribution in [3.05, 3.63) is 24.0 Å². The summed E-state index contributed by atoms with van der Waals surface area (Å²) in [7, 11) is 1.49. The van der Waals surface area contributed by atoms with Gasteiger partial charge < -0.3 is 10.1 Å². The number of hydrogen-bond donors (Lipinski definition) is 1. The van der Waals surface area contributed by atoms with Gasteiger partial charge in [-0.3, -0.25) is 0 Å². The van der Waals surface area contributed by atoms with E-state index < -0.39 is 0 Å². The molecule has 0 amide bonds. The Morgan fingerprint density at radius 1 is 1.28 bits per heavy atom. The molecule has 18 heavy (non-hydrogen) atoms. The molecular weight excluding hydrogens is 229 g/mol. The molecule has 100 valence electrons. The van der Waals surface area contributed by atoms with E-state index in [-0.39, 0.29) is 5.82 Å². The predicted octanol–water partition coefficient (Wildman–Crippen LogP) is 4.22. The first-order chi connectivity index (χ1) is 8.79. The average molecular weight is 251 g/mol. The fourth-order valence-corrected chi connectivity index (χ4v) is 2.67. The minimum Gasteiger partial charge on any atom is -0.494 e. The van der Waals surface area contributed by atoms with Crippen molar-refractivity contribution in [2.75, 3.05) is 19.0 Å². The second-order valence-corrected chi connectivity index (χ2v) is 5.07. The highest BCUT2D eigenvalue weighted by atomic mass is 19.1. The van der Waals surface area contributed by atoms with Crippen LogP contribution in [0.3, 0.4) is 0 Å². The lowest BCUT2D eigenvalue weighted by Gasteiger charge is -2.21. The molecule has 1 N–H and O–H groups in total. The van der Waals surface area contributed by atoms with Crippen LogP contribution in [0.15, 0.2) is 18.2 Å². The van der Waals surface area contributed by atoms with E-state index in [1.807, 2.05) is 0 Å². The Morgan fingerprint density at radius 2 is 2.06 bits per heavy atom. The van der Waals surface area contributed by atoms with Crippen LogP contribution in [0, 0.1) is 11.7 Å². The van der Waals surface area contributed by atoms with Gasteiger partial charge in [0.05, 0.1) is 7.11 Å². The molecule has 1 aliphatic rings. The van der Waals surface area contributed by atoms with Crippen LogP contribution in [0.25, 0.3) is 0 Å². The number of ether oxygens (including phenoxy) is 1. The predicted molar refractivity (Wildman–Crippen MR) is 72.6 cm³/mol. The highest BCUT2D eigenvalue weighted by Gasteiger charge is 2.12. The van der Waals surface area contributed by atoms with Crippen molar-refractivity contribution in [2.24, 2.45) is 5.92 Å². The van der Waals surface area contributed by atoms with Crippen LogP contribution < -0.4 is 10.1 Å². The number of benzene rings is 1. The fraction of sp³-hybridized carbons (Fsp3) is 0.600. The maximum absolute atomic E-state index is 13.2. The van der Waals surface area contributed by atoms with Crippen LogP contribution in [-0.2, 0) is 0 Å². The van der Waals surface area contributed by atoms with Crippen molar-refractivity contribution in [2.45, 2.75) is 38.5 Å². The molecule has 0 heterocycles. The largest absolute Gasteiger partial charge is 0.494 e. The third-order valence-corrected chi connectivity index (χ3v) is 3.76. The van der Waals surface area contributed by atoms with Crippen LogP contribution >= 0.6 is 0 Å². The normalized spacial score (nSPS) is 16.6. The number of anilines is 1. The Hall–Kier alpha value is -1.25. The fourth-order valence-electron chi connectivity index (χ4n) is 2.67. The number of methoxy groups -OCH3 is 1. The molecule has 1 aromatic carbocycles. The average Bonchev–Trinajstić information content (AvgIpc) is 2.42. The maximum Gasteiger partial charge on any atom is 0.165 e. The molecule has 0 spiro atoms. The van der Waals surface area contributed by atoms with Gasteiger partial charge in [-0.25, -0.2) is 4.39 Å². The number of rotatable bonds is 5. The Balaban J connectivity index is 1.79. The molecule has 0 unspecified atom stereocenters. The molecule has 2 nitrogen and oxygen atoms in total. The van der Waals surface area contributed by atoms with Gasteiger partial charge >= 0.3 is 0 Å². The zero-order chi connectivity index (χ0) is 12.8. The van der Waals surface area contributed by atoms with Crippen molar-refractivity contribution in [1.82, 2.24) is 0 Å². The van der Waals surface area contributed by atoms with E-state index in [4.69, 9.17) is 4.74 Å². The van der Waals surface area contributed by atoms with Gasteiger partial charge in [-0.05, 0) is 24.5 Å². The highest BCUT2D eigenvalue weighted by Crippen LogP contribution is 2.26. The van der Waals surface area contributed by atoms with Crippen molar-refractivity contribution >= 4 is 5.69 Å². The molecule has 0 aromatic heterocycles. The minimum absolute atomic E-state index is 0.303. The summed E-state index contributed by atoms with van der Waals surface area (Å²) < 4.78 is 18.2. The molecular formula is C15H22FNO. The zero-order valence-corrected chi connectivity index (χ0v) is 11.0. The topological polar surface area (TPSA) is 21.3 Å². The number of halogens is 1. The molecule has 0 bridgehead atoms. The third kappa shape index (κ3) is 3.62. The lowest BCUT2D eigenvalue weighted by molar-refractivity contribution is 0.345. The van der Waals surface area contributed by atoms with Gasteiger partial charge in [0.1, 0.15) is 0 Å². The Bertz CT molecular complexity index is 375. The second-order valence-electron chi connectivity index (χ2n) is 5.07. The lowest BCUT2D eigenvalue weighted by atomic mass is 9.87. The summed E-state index contributed by atoms with van der Waals surface area (Å²) in [5, 5.41) is 3.35. The van der Waals surface area contributed by atoms with E-state index in [1.54, 1.807) is 12.1 Å². The molecule has 0 atom stereocenters. The molecule has 1 aromatic rings. The van der Waals surface area contributed by atoms with Crippen molar-refractivity contribution < 1.29 is 9.13 Å². The molecule has 1 fully saturated rings. The zero-order valence-electron chi connectivity index (χ0n) is 11.0. The van der Waals surface area contributed by atoms with Crippen LogP contribution in [0.4, 0.5) is 10.1 Å². The van der Waals surface area contributed by atoms with Gasteiger partial charge in [0.25, 0.3) is 0 Å². The third-order valence-electron chi connectivity index (χ3n) is 3.76. The number of nitrogens with one attached hydrogen (secondary N) is 1. The first kappa shape index (κ1) is 13.2. The monoisotopic (exact) mass is 251 g/mol. The smallest absolute Gasteiger partial charge is 0.165 e. The van der Waals surface area contributed by atoms with Gasteiger partial charge in [0, 0.05) is 18.3 Å². The van der Waals surface area contributed by atoms with E-state index in [0.29, 0.717) is 5.75 Å². The van der Waals surface area contributed by atoms with E-state index in [0.717, 1.165) is 18.2 Å². The van der Waals surface area contributed by atoms with Crippen molar-refractivity contribution in [1.29, 1.82) is 0 Å². The summed E-state index contributed by atoms with van der Waals surface area (Å²) in [6.45, 7) is 0.958. The maximum atomic E-state index is 13.2. The molecule has 1 aliphatic carbocycles. The first-order valence-electron chi connectivity index (χ1n) is 6.87. The van der Waals surface area contributed by atoms with Gasteiger partial charge in [0.15, 0.2) is 11.6 Å². The summed E-state index contributed by atoms with van der Waals surface area (Å²) in [5.41, 5.74) is 0.934. The summed E-state index contributed by atoms with van der Waals surface area (Å²) >= 11 is 0. The van der Waals surface area contributed by atoms with E-state index in [1.165, 1.54) is 51.7 Å². The standard InChI is InChI=1S/C15H22FNO/c1-18-15-11-13(7-8-14(15)16)17-10-9-12-5-3-2-4-6-12/h7-8,11-12,17H,2-6,9-10H2,1H3. The summed E-state index contributed by atoms with van der Waals surface area (Å²) in [6, 6.07) is 4.93. The summed E-state index contributed by atoms with van der Waals surface area (Å²) in [6.07, 6.45) is 8.12. The van der Waals surface area contributed by atoms with Gasteiger partial charge in [-0.1, -0.05) is 32.1 Å². The van der Waals surface area contributed by atoms with E-state index in [2.05, 4.69) is 5.32 Å². The van der Waals surface area contributed by atoms with Crippen LogP contribution in [0.2, 0.25) is 0 Å². The Morgan fingerprint density at radius 3 is 2.78 bits per heavy atom. The van der Waals surface area contributed by atoms with Crippen molar-refractivity contribution in [3.63, 3.8) is 0 Å². The van der Waals surface area contributed by atoms with Crippen LogP contribution in [-0.4, -0.2) is 13.7 Å². The minimum atomic E-state index is -0.310. The quantitative estimate of drug-likeness (QED) is 0.846. The Labute approximate surface area is 109 Å². The van der Waals surface area contributed by atoms with Gasteiger partial charge in [0.2, 0.25) is 0 Å². The SMILES string of the molecule is COc1cc(NCCC2CCCCC2)ccc1F. The van der Waals surface area contributed by atoms with Crippen LogP contribution in [0.5, 0.6) is 5.75 Å². The molecule has 2 rings (SSSR count). The van der Waals surface area contributed by atoms with Crippen LogP contribution in [0.1, 0.15) is 38.5 Å². The first-order valence-corrected chi connectivity index (χ1v) is 6.87.